The van der Waals surface area contributed by atoms with Crippen molar-refractivity contribution < 1.29 is 28.6 Å². The zero-order valence-corrected chi connectivity index (χ0v) is 53.9. The number of rotatable bonds is 61. The van der Waals surface area contributed by atoms with Crippen LogP contribution in [0, 0.1) is 0 Å². The van der Waals surface area contributed by atoms with Gasteiger partial charge in [0.1, 0.15) is 13.2 Å². The molecule has 83 heavy (non-hydrogen) atoms. The van der Waals surface area contributed by atoms with E-state index in [9.17, 15) is 14.4 Å². The Kier molecular flexibility index (Phi) is 65.8. The summed E-state index contributed by atoms with van der Waals surface area (Å²) in [5.41, 5.74) is 0. The molecule has 0 amide bonds. The van der Waals surface area contributed by atoms with Gasteiger partial charge in [0.05, 0.1) is 0 Å². The normalized spacial score (nSPS) is 13.0. The minimum atomic E-state index is -0.798. The third-order valence-electron chi connectivity index (χ3n) is 14.3. The lowest BCUT2D eigenvalue weighted by Gasteiger charge is -2.18. The van der Waals surface area contributed by atoms with Crippen LogP contribution >= 0.6 is 0 Å². The van der Waals surface area contributed by atoms with Crippen LogP contribution in [0.2, 0.25) is 0 Å². The Balaban J connectivity index is 4.29. The highest BCUT2D eigenvalue weighted by molar-refractivity contribution is 5.71. The van der Waals surface area contributed by atoms with Crippen LogP contribution in [0.3, 0.4) is 0 Å². The van der Waals surface area contributed by atoms with E-state index in [2.05, 4.69) is 167 Å². The van der Waals surface area contributed by atoms with Crippen LogP contribution in [0.1, 0.15) is 303 Å². The maximum absolute atomic E-state index is 12.9. The third kappa shape index (κ3) is 68.0. The molecule has 0 fully saturated rings. The third-order valence-corrected chi connectivity index (χ3v) is 14.3. The number of hydrogen-bond acceptors (Lipinski definition) is 6. The molecule has 1 atom stereocenters. The molecule has 1 unspecified atom stereocenters. The van der Waals surface area contributed by atoms with Gasteiger partial charge in [0.2, 0.25) is 0 Å². The summed E-state index contributed by atoms with van der Waals surface area (Å²) in [5.74, 6) is -0.919. The van der Waals surface area contributed by atoms with E-state index in [-0.39, 0.29) is 31.1 Å². The van der Waals surface area contributed by atoms with Crippen LogP contribution in [0.15, 0.2) is 146 Å². The molecule has 0 spiro atoms. The van der Waals surface area contributed by atoms with Crippen molar-refractivity contribution in [1.29, 1.82) is 0 Å². The largest absolute Gasteiger partial charge is 0.462 e. The van der Waals surface area contributed by atoms with Crippen LogP contribution in [-0.4, -0.2) is 37.2 Å². The van der Waals surface area contributed by atoms with Crippen molar-refractivity contribution >= 4 is 17.9 Å². The fraction of sp³-hybridized carbons (Fsp3) is 0.649. The topological polar surface area (TPSA) is 78.9 Å². The highest BCUT2D eigenvalue weighted by Gasteiger charge is 2.19. The molecule has 0 radical (unpaired) electrons. The summed E-state index contributed by atoms with van der Waals surface area (Å²) in [6.07, 6.45) is 100. The van der Waals surface area contributed by atoms with Gasteiger partial charge < -0.3 is 14.2 Å². The van der Waals surface area contributed by atoms with E-state index >= 15 is 0 Å². The first-order valence-corrected chi connectivity index (χ1v) is 34.3. The highest BCUT2D eigenvalue weighted by Crippen LogP contribution is 2.16. The SMILES string of the molecule is CC/C=C\C/C=C\C/C=C\C/C=C\C/C=C\C/C=C\C/C=C\CCCCCCCCCCCCCC(=O)OCC(COC(=O)CCCCCCC/C=C\C/C=C\CCC)OC(=O)CCCCCCCC/C=C\C/C=C\C/C=C\CCCCC. The summed E-state index contributed by atoms with van der Waals surface area (Å²) in [5, 5.41) is 0. The number of carbonyl (C=O) groups excluding carboxylic acids is 3. The fourth-order valence-corrected chi connectivity index (χ4v) is 9.17. The zero-order valence-electron chi connectivity index (χ0n) is 53.9. The van der Waals surface area contributed by atoms with Crippen molar-refractivity contribution in [3.8, 4) is 0 Å². The lowest BCUT2D eigenvalue weighted by Crippen LogP contribution is -2.30. The molecule has 0 aliphatic heterocycles. The predicted molar refractivity (Wildman–Crippen MR) is 362 cm³/mol. The summed E-state index contributed by atoms with van der Waals surface area (Å²) < 4.78 is 16.9. The Bertz CT molecular complexity index is 1800. The van der Waals surface area contributed by atoms with E-state index < -0.39 is 6.10 Å². The number of hydrogen-bond donors (Lipinski definition) is 0. The van der Waals surface area contributed by atoms with E-state index in [1.165, 1.54) is 103 Å². The predicted octanol–water partition coefficient (Wildman–Crippen LogP) is 23.9. The van der Waals surface area contributed by atoms with Gasteiger partial charge in [-0.2, -0.15) is 0 Å². The van der Waals surface area contributed by atoms with E-state index in [0.29, 0.717) is 19.3 Å². The number of unbranched alkanes of at least 4 members (excludes halogenated alkanes) is 26. The smallest absolute Gasteiger partial charge is 0.306 e. The van der Waals surface area contributed by atoms with Crippen LogP contribution < -0.4 is 0 Å². The molecule has 0 saturated carbocycles. The lowest BCUT2D eigenvalue weighted by molar-refractivity contribution is -0.167. The maximum Gasteiger partial charge on any atom is 0.306 e. The summed E-state index contributed by atoms with van der Waals surface area (Å²) >= 11 is 0. The summed E-state index contributed by atoms with van der Waals surface area (Å²) in [4.78, 5) is 38.4. The number of allylic oxidation sites excluding steroid dienone is 24. The molecule has 0 heterocycles. The van der Waals surface area contributed by atoms with Gasteiger partial charge >= 0.3 is 17.9 Å². The number of esters is 3. The Labute approximate surface area is 512 Å². The second-order valence-corrected chi connectivity index (χ2v) is 22.3. The van der Waals surface area contributed by atoms with Gasteiger partial charge in [-0.05, 0) is 141 Å². The van der Waals surface area contributed by atoms with Crippen LogP contribution in [0.5, 0.6) is 0 Å². The molecule has 0 aliphatic carbocycles. The van der Waals surface area contributed by atoms with E-state index in [1.54, 1.807) is 0 Å². The fourth-order valence-electron chi connectivity index (χ4n) is 9.17. The van der Waals surface area contributed by atoms with Crippen molar-refractivity contribution in [2.45, 2.75) is 309 Å². The van der Waals surface area contributed by atoms with Gasteiger partial charge in [-0.1, -0.05) is 289 Å². The highest BCUT2D eigenvalue weighted by atomic mass is 16.6. The number of carbonyl (C=O) groups is 3. The van der Waals surface area contributed by atoms with Crippen LogP contribution in [0.4, 0.5) is 0 Å². The van der Waals surface area contributed by atoms with E-state index in [1.807, 2.05) is 0 Å². The van der Waals surface area contributed by atoms with Crippen molar-refractivity contribution in [3.63, 3.8) is 0 Å². The maximum atomic E-state index is 12.9. The monoisotopic (exact) mass is 1150 g/mol. The molecule has 470 valence electrons. The Morgan fingerprint density at radius 3 is 0.783 bits per heavy atom. The van der Waals surface area contributed by atoms with Crippen molar-refractivity contribution in [3.05, 3.63) is 146 Å². The molecule has 0 aromatic carbocycles. The summed E-state index contributed by atoms with van der Waals surface area (Å²) in [6.45, 7) is 6.42. The molecule has 0 N–H and O–H groups in total. The van der Waals surface area contributed by atoms with Gasteiger partial charge in [-0.3, -0.25) is 14.4 Å². The molecule has 0 aromatic rings. The minimum Gasteiger partial charge on any atom is -0.462 e. The van der Waals surface area contributed by atoms with Crippen molar-refractivity contribution in [2.24, 2.45) is 0 Å². The molecule has 0 rings (SSSR count). The van der Waals surface area contributed by atoms with Crippen LogP contribution in [0.25, 0.3) is 0 Å². The first-order valence-electron chi connectivity index (χ1n) is 34.3. The molecule has 6 nitrogen and oxygen atoms in total. The molecule has 0 saturated heterocycles. The minimum absolute atomic E-state index is 0.0929. The van der Waals surface area contributed by atoms with E-state index in [0.717, 1.165) is 161 Å². The molecule has 0 bridgehead atoms. The molecule has 6 heteroatoms. The van der Waals surface area contributed by atoms with Gasteiger partial charge in [0.15, 0.2) is 6.10 Å². The molecule has 0 aliphatic rings. The first-order chi connectivity index (χ1) is 41.0. The van der Waals surface area contributed by atoms with Gasteiger partial charge in [0, 0.05) is 19.3 Å². The van der Waals surface area contributed by atoms with E-state index in [4.69, 9.17) is 14.2 Å². The first kappa shape index (κ1) is 78.3. The second-order valence-electron chi connectivity index (χ2n) is 22.3. The molecular weight excluding hydrogens is 1020 g/mol. The van der Waals surface area contributed by atoms with Crippen molar-refractivity contribution in [2.75, 3.05) is 13.2 Å². The van der Waals surface area contributed by atoms with Gasteiger partial charge in [-0.15, -0.1) is 0 Å². The molecular formula is C77H126O6. The second kappa shape index (κ2) is 69.8. The average Bonchev–Trinajstić information content (AvgIpc) is 3.49. The summed E-state index contributed by atoms with van der Waals surface area (Å²) in [7, 11) is 0. The number of ether oxygens (including phenoxy) is 3. The quantitative estimate of drug-likeness (QED) is 0.0261. The van der Waals surface area contributed by atoms with Gasteiger partial charge in [-0.25, -0.2) is 0 Å². The lowest BCUT2D eigenvalue weighted by atomic mass is 10.0. The standard InChI is InChI=1S/C77H126O6/c1-4-7-10-13-16-19-22-25-27-29-31-32-33-34-35-36-37-38-39-40-41-42-43-44-46-47-49-52-55-58-61-64-67-70-76(79)82-73-74(72-81-75(78)69-66-63-60-57-54-51-24-21-18-15-12-9-6-3)83-77(80)71-68-65-62-59-56-53-50-48-45-30-28-26-23-20-17-14-11-8-5-2/h7,10,12,15-17,19-21,24-28,31-32,34-35,37-38,40-41,45,48,74H,4-6,8-9,11,13-14,18,22-23,29-30,33,36,39,42-44,46-47,49-73H2,1-3H3/b10-7-,15-12-,19-16-,20-17-,24-21-,27-25-,28-26-,32-31-,35-34-,38-37-,41-40-,48-45-. The molecule has 0 aromatic heterocycles. The van der Waals surface area contributed by atoms with Crippen LogP contribution in [-0.2, 0) is 28.6 Å². The average molecular weight is 1150 g/mol. The Morgan fingerprint density at radius 2 is 0.494 bits per heavy atom. The van der Waals surface area contributed by atoms with Crippen molar-refractivity contribution in [1.82, 2.24) is 0 Å². The Hall–Kier alpha value is -4.71. The van der Waals surface area contributed by atoms with Gasteiger partial charge in [0.25, 0.3) is 0 Å². The Morgan fingerprint density at radius 1 is 0.253 bits per heavy atom. The zero-order chi connectivity index (χ0) is 59.9. The summed E-state index contributed by atoms with van der Waals surface area (Å²) in [6, 6.07) is 0.